The number of hydrogen-bond acceptors (Lipinski definition) is 8. The summed E-state index contributed by atoms with van der Waals surface area (Å²) in [5, 5.41) is 6.08. The Morgan fingerprint density at radius 3 is 2.03 bits per heavy atom. The molecular weight excluding hydrogens is 379 g/mol. The summed E-state index contributed by atoms with van der Waals surface area (Å²) in [4.78, 5) is 8.23. The highest BCUT2D eigenvalue weighted by atomic mass is 19.1. The van der Waals surface area contributed by atoms with Crippen molar-refractivity contribution in [3.05, 3.63) is 59.5 Å². The van der Waals surface area contributed by atoms with Crippen molar-refractivity contribution in [3.8, 4) is 23.0 Å². The molecule has 5 rings (SSSR count). The Bertz CT molecular complexity index is 1060. The fourth-order valence-corrected chi connectivity index (χ4v) is 3.04. The molecular formula is C20H17FN4O4. The highest BCUT2D eigenvalue weighted by Gasteiger charge is 2.15. The van der Waals surface area contributed by atoms with Gasteiger partial charge in [-0.3, -0.25) is 0 Å². The lowest BCUT2D eigenvalue weighted by atomic mass is 10.2. The zero-order valence-electron chi connectivity index (χ0n) is 15.3. The summed E-state index contributed by atoms with van der Waals surface area (Å²) in [5.41, 5.74) is 1.89. The molecule has 2 aliphatic heterocycles. The molecule has 3 heterocycles. The van der Waals surface area contributed by atoms with Crippen molar-refractivity contribution in [1.82, 2.24) is 9.97 Å². The second-order valence-electron chi connectivity index (χ2n) is 6.47. The number of aromatic nitrogens is 2. The van der Waals surface area contributed by atoms with Crippen molar-refractivity contribution in [2.45, 2.75) is 13.1 Å². The van der Waals surface area contributed by atoms with Gasteiger partial charge >= 0.3 is 0 Å². The Kier molecular flexibility index (Phi) is 4.39. The van der Waals surface area contributed by atoms with Crippen molar-refractivity contribution in [2.24, 2.45) is 0 Å². The van der Waals surface area contributed by atoms with E-state index in [1.807, 2.05) is 36.4 Å². The standard InChI is InChI=1S/C20H17FN4O4/c21-14-9-24-20(23-8-13-2-4-16-18(6-13)29-11-27-16)25-19(14)22-7-12-1-3-15-17(5-12)28-10-26-15/h1-6,9H,7-8,10-11H2,(H2,22,23,24,25). The van der Waals surface area contributed by atoms with Gasteiger partial charge in [0.15, 0.2) is 34.6 Å². The maximum atomic E-state index is 14.1. The van der Waals surface area contributed by atoms with Gasteiger partial charge < -0.3 is 29.6 Å². The van der Waals surface area contributed by atoms with Gasteiger partial charge in [0, 0.05) is 13.1 Å². The van der Waals surface area contributed by atoms with Crippen LogP contribution in [0.25, 0.3) is 0 Å². The van der Waals surface area contributed by atoms with Crippen molar-refractivity contribution in [1.29, 1.82) is 0 Å². The lowest BCUT2D eigenvalue weighted by molar-refractivity contribution is 0.173. The molecule has 2 N–H and O–H groups in total. The molecule has 0 saturated carbocycles. The molecule has 0 fully saturated rings. The minimum atomic E-state index is -0.528. The van der Waals surface area contributed by atoms with Crippen molar-refractivity contribution < 1.29 is 23.3 Å². The molecule has 8 nitrogen and oxygen atoms in total. The summed E-state index contributed by atoms with van der Waals surface area (Å²) in [6, 6.07) is 11.2. The normalized spacial score (nSPS) is 13.4. The molecule has 0 atom stereocenters. The number of hydrogen-bond donors (Lipinski definition) is 2. The number of rotatable bonds is 6. The van der Waals surface area contributed by atoms with Gasteiger partial charge in [0.1, 0.15) is 0 Å². The van der Waals surface area contributed by atoms with E-state index >= 15 is 0 Å². The van der Waals surface area contributed by atoms with Gasteiger partial charge in [-0.15, -0.1) is 0 Å². The summed E-state index contributed by atoms with van der Waals surface area (Å²) >= 11 is 0. The van der Waals surface area contributed by atoms with E-state index < -0.39 is 5.82 Å². The van der Waals surface area contributed by atoms with E-state index in [2.05, 4.69) is 20.6 Å². The first-order valence-electron chi connectivity index (χ1n) is 9.02. The van der Waals surface area contributed by atoms with E-state index in [1.54, 1.807) is 0 Å². The van der Waals surface area contributed by atoms with Crippen molar-refractivity contribution >= 4 is 11.8 Å². The predicted octanol–water partition coefficient (Wildman–Crippen LogP) is 3.30. The van der Waals surface area contributed by atoms with Crippen LogP contribution < -0.4 is 29.6 Å². The summed E-state index contributed by atoms with van der Waals surface area (Å²) < 4.78 is 35.4. The van der Waals surface area contributed by atoms with E-state index in [9.17, 15) is 4.39 Å². The minimum absolute atomic E-state index is 0.117. The first-order valence-corrected chi connectivity index (χ1v) is 9.02. The Hall–Kier alpha value is -3.75. The van der Waals surface area contributed by atoms with Crippen LogP contribution >= 0.6 is 0 Å². The zero-order valence-corrected chi connectivity index (χ0v) is 15.3. The predicted molar refractivity (Wildman–Crippen MR) is 102 cm³/mol. The third kappa shape index (κ3) is 3.66. The first kappa shape index (κ1) is 17.4. The molecule has 9 heteroatoms. The van der Waals surface area contributed by atoms with Crippen molar-refractivity contribution in [2.75, 3.05) is 24.2 Å². The van der Waals surface area contributed by atoms with Crippen LogP contribution in [0.15, 0.2) is 42.6 Å². The highest BCUT2D eigenvalue weighted by Crippen LogP contribution is 2.33. The van der Waals surface area contributed by atoms with E-state index in [-0.39, 0.29) is 19.4 Å². The van der Waals surface area contributed by atoms with Crippen LogP contribution in [0.2, 0.25) is 0 Å². The molecule has 0 bridgehead atoms. The fraction of sp³-hybridized carbons (Fsp3) is 0.200. The van der Waals surface area contributed by atoms with Crippen LogP contribution in [0.5, 0.6) is 23.0 Å². The molecule has 29 heavy (non-hydrogen) atoms. The zero-order chi connectivity index (χ0) is 19.6. The lowest BCUT2D eigenvalue weighted by Crippen LogP contribution is -2.09. The average Bonchev–Trinajstić information content (AvgIpc) is 3.40. The molecule has 3 aromatic rings. The highest BCUT2D eigenvalue weighted by molar-refractivity contribution is 5.48. The molecule has 0 radical (unpaired) electrons. The van der Waals surface area contributed by atoms with Gasteiger partial charge in [-0.1, -0.05) is 12.1 Å². The number of nitrogens with one attached hydrogen (secondary N) is 2. The van der Waals surface area contributed by atoms with Gasteiger partial charge in [-0.2, -0.15) is 4.98 Å². The molecule has 148 valence electrons. The fourth-order valence-electron chi connectivity index (χ4n) is 3.04. The molecule has 1 aromatic heterocycles. The smallest absolute Gasteiger partial charge is 0.231 e. The summed E-state index contributed by atoms with van der Waals surface area (Å²) in [6.45, 7) is 1.28. The topological polar surface area (TPSA) is 86.8 Å². The van der Waals surface area contributed by atoms with E-state index in [0.717, 1.165) is 23.1 Å². The lowest BCUT2D eigenvalue weighted by Gasteiger charge is -2.10. The number of benzene rings is 2. The number of ether oxygens (including phenoxy) is 4. The van der Waals surface area contributed by atoms with Crippen molar-refractivity contribution in [3.63, 3.8) is 0 Å². The van der Waals surface area contributed by atoms with Crippen LogP contribution in [-0.4, -0.2) is 23.6 Å². The minimum Gasteiger partial charge on any atom is -0.454 e. The average molecular weight is 396 g/mol. The number of nitrogens with zero attached hydrogens (tertiary/aromatic N) is 2. The molecule has 0 unspecified atom stereocenters. The third-order valence-corrected chi connectivity index (χ3v) is 4.53. The Morgan fingerprint density at radius 1 is 0.793 bits per heavy atom. The molecule has 0 aliphatic carbocycles. The molecule has 0 amide bonds. The maximum Gasteiger partial charge on any atom is 0.231 e. The maximum absolute atomic E-state index is 14.1. The largest absolute Gasteiger partial charge is 0.454 e. The number of fused-ring (bicyclic) bond motifs is 2. The number of anilines is 2. The Balaban J connectivity index is 1.24. The van der Waals surface area contributed by atoms with Crippen LogP contribution in [0.1, 0.15) is 11.1 Å². The van der Waals surface area contributed by atoms with Gasteiger partial charge in [0.05, 0.1) is 6.20 Å². The van der Waals surface area contributed by atoms with Crippen LogP contribution in [0.3, 0.4) is 0 Å². The summed E-state index contributed by atoms with van der Waals surface area (Å²) in [7, 11) is 0. The van der Waals surface area contributed by atoms with Gasteiger partial charge in [-0.25, -0.2) is 9.37 Å². The summed E-state index contributed by atoms with van der Waals surface area (Å²) in [5.74, 6) is 2.72. The van der Waals surface area contributed by atoms with E-state index in [1.165, 1.54) is 0 Å². The van der Waals surface area contributed by atoms with E-state index in [4.69, 9.17) is 18.9 Å². The second kappa shape index (κ2) is 7.34. The monoisotopic (exact) mass is 396 g/mol. The van der Waals surface area contributed by atoms with Crippen LogP contribution in [0.4, 0.5) is 16.2 Å². The van der Waals surface area contributed by atoms with Gasteiger partial charge in [0.2, 0.25) is 19.5 Å². The summed E-state index contributed by atoms with van der Waals surface area (Å²) in [6.07, 6.45) is 1.14. The molecule has 2 aromatic carbocycles. The van der Waals surface area contributed by atoms with E-state index in [0.29, 0.717) is 36.3 Å². The van der Waals surface area contributed by atoms with Gasteiger partial charge in [-0.05, 0) is 35.4 Å². The van der Waals surface area contributed by atoms with Crippen LogP contribution in [-0.2, 0) is 13.1 Å². The second-order valence-corrected chi connectivity index (χ2v) is 6.47. The number of halogens is 1. The Morgan fingerprint density at radius 2 is 1.38 bits per heavy atom. The third-order valence-electron chi connectivity index (χ3n) is 4.53. The van der Waals surface area contributed by atoms with Crippen LogP contribution in [0, 0.1) is 5.82 Å². The van der Waals surface area contributed by atoms with Gasteiger partial charge in [0.25, 0.3) is 0 Å². The molecule has 0 saturated heterocycles. The molecule has 2 aliphatic rings. The first-order chi connectivity index (χ1) is 14.2. The SMILES string of the molecule is Fc1cnc(NCc2ccc3c(c2)OCO3)nc1NCc1ccc2c(c1)OCO2. The quantitative estimate of drug-likeness (QED) is 0.656. The molecule has 0 spiro atoms. The Labute approximate surface area is 165 Å².